The third kappa shape index (κ3) is 5.94. The Morgan fingerprint density at radius 2 is 1.81 bits per heavy atom. The first-order valence-electron chi connectivity index (χ1n) is 10.9. The number of carbonyl (C=O) groups is 1. The summed E-state index contributed by atoms with van der Waals surface area (Å²) in [5.41, 5.74) is 1.05. The van der Waals surface area contributed by atoms with Crippen LogP contribution in [0.3, 0.4) is 0 Å². The van der Waals surface area contributed by atoms with E-state index < -0.39 is 42.5 Å². The third-order valence-corrected chi connectivity index (χ3v) is 5.69. The lowest BCUT2D eigenvalue weighted by molar-refractivity contribution is -0.154. The molecule has 0 fully saturated rings. The zero-order chi connectivity index (χ0) is 26.8. The molecule has 1 aromatic heterocycles. The van der Waals surface area contributed by atoms with Crippen molar-refractivity contribution in [3.05, 3.63) is 88.6 Å². The number of carbonyl (C=O) groups excluding carboxylic acids is 1. The van der Waals surface area contributed by atoms with Crippen molar-refractivity contribution in [2.45, 2.75) is 24.8 Å². The summed E-state index contributed by atoms with van der Waals surface area (Å²) in [6.07, 6.45) is -7.59. The van der Waals surface area contributed by atoms with Crippen LogP contribution in [0.1, 0.15) is 33.9 Å². The van der Waals surface area contributed by atoms with E-state index in [0.717, 1.165) is 35.5 Å². The van der Waals surface area contributed by atoms with Crippen LogP contribution >= 0.6 is 0 Å². The van der Waals surface area contributed by atoms with Gasteiger partial charge in [0.25, 0.3) is 0 Å². The van der Waals surface area contributed by atoms with Crippen LogP contribution < -0.4 is 10.1 Å². The van der Waals surface area contributed by atoms with Crippen LogP contribution in [0.5, 0.6) is 5.88 Å². The standard InChI is InChI=1S/C25H18F6N4O2/c26-24(27,28)14-37-22-17(12-32)11-19(13-33-22)34-23(36)35-10-9-15-3-1-2-4-20(15)21(35)16-5-7-18(8-6-16)25(29,30)31/h1-8,11,13,21H,9-10,14H2,(H,34,36). The zero-order valence-corrected chi connectivity index (χ0v) is 18.9. The molecule has 0 aliphatic carbocycles. The Kier molecular flexibility index (Phi) is 6.98. The fourth-order valence-electron chi connectivity index (χ4n) is 4.06. The molecule has 1 unspecified atom stereocenters. The normalized spacial score (nSPS) is 15.5. The molecule has 6 nitrogen and oxygen atoms in total. The van der Waals surface area contributed by atoms with Crippen molar-refractivity contribution < 1.29 is 35.9 Å². The molecule has 2 aromatic carbocycles. The van der Waals surface area contributed by atoms with Gasteiger partial charge in [-0.15, -0.1) is 0 Å². The summed E-state index contributed by atoms with van der Waals surface area (Å²) >= 11 is 0. The first kappa shape index (κ1) is 25.8. The van der Waals surface area contributed by atoms with E-state index in [2.05, 4.69) is 15.0 Å². The van der Waals surface area contributed by atoms with Gasteiger partial charge in [0.15, 0.2) is 6.61 Å². The Balaban J connectivity index is 1.61. The van der Waals surface area contributed by atoms with Gasteiger partial charge in [-0.05, 0) is 41.3 Å². The highest BCUT2D eigenvalue weighted by atomic mass is 19.4. The van der Waals surface area contributed by atoms with E-state index in [9.17, 15) is 36.4 Å². The lowest BCUT2D eigenvalue weighted by Gasteiger charge is -2.37. The SMILES string of the molecule is N#Cc1cc(NC(=O)N2CCc3ccccc3C2c2ccc(C(F)(F)F)cc2)cnc1OCC(F)(F)F. The van der Waals surface area contributed by atoms with E-state index in [-0.39, 0.29) is 17.8 Å². The average molecular weight is 520 g/mol. The summed E-state index contributed by atoms with van der Waals surface area (Å²) in [4.78, 5) is 18.4. The maximum Gasteiger partial charge on any atom is 0.422 e. The average Bonchev–Trinajstić information content (AvgIpc) is 2.86. The molecule has 12 heteroatoms. The van der Waals surface area contributed by atoms with E-state index in [1.54, 1.807) is 18.2 Å². The molecule has 0 bridgehead atoms. The Labute approximate surface area is 207 Å². The second-order valence-corrected chi connectivity index (χ2v) is 8.19. The van der Waals surface area contributed by atoms with Crippen molar-refractivity contribution in [3.8, 4) is 11.9 Å². The van der Waals surface area contributed by atoms with Gasteiger partial charge in [-0.1, -0.05) is 36.4 Å². The number of halogens is 6. The van der Waals surface area contributed by atoms with Crippen LogP contribution in [-0.4, -0.2) is 35.2 Å². The minimum absolute atomic E-state index is 0.0333. The van der Waals surface area contributed by atoms with Gasteiger partial charge in [0.2, 0.25) is 5.88 Å². The number of rotatable bonds is 4. The van der Waals surface area contributed by atoms with Crippen molar-refractivity contribution in [2.24, 2.45) is 0 Å². The van der Waals surface area contributed by atoms with Crippen LogP contribution in [0.4, 0.5) is 36.8 Å². The van der Waals surface area contributed by atoms with Crippen LogP contribution in [0.25, 0.3) is 0 Å². The molecule has 1 N–H and O–H groups in total. The first-order valence-corrected chi connectivity index (χ1v) is 10.9. The number of ether oxygens (including phenoxy) is 1. The van der Waals surface area contributed by atoms with Gasteiger partial charge >= 0.3 is 18.4 Å². The van der Waals surface area contributed by atoms with Gasteiger partial charge in [-0.25, -0.2) is 9.78 Å². The Bertz CT molecular complexity index is 1330. The molecular formula is C25H18F6N4O2. The van der Waals surface area contributed by atoms with Crippen molar-refractivity contribution in [1.29, 1.82) is 5.26 Å². The van der Waals surface area contributed by atoms with Crippen molar-refractivity contribution in [1.82, 2.24) is 9.88 Å². The number of benzene rings is 2. The zero-order valence-electron chi connectivity index (χ0n) is 18.9. The van der Waals surface area contributed by atoms with Gasteiger partial charge in [-0.3, -0.25) is 0 Å². The molecular weight excluding hydrogens is 502 g/mol. The smallest absolute Gasteiger partial charge is 0.422 e. The monoisotopic (exact) mass is 520 g/mol. The van der Waals surface area contributed by atoms with Crippen LogP contribution in [0.15, 0.2) is 60.8 Å². The fraction of sp³-hybridized carbons (Fsp3) is 0.240. The molecule has 1 aliphatic heterocycles. The Morgan fingerprint density at radius 1 is 1.11 bits per heavy atom. The van der Waals surface area contributed by atoms with Crippen molar-refractivity contribution in [3.63, 3.8) is 0 Å². The molecule has 192 valence electrons. The quantitative estimate of drug-likeness (QED) is 0.422. The third-order valence-electron chi connectivity index (χ3n) is 5.69. The largest absolute Gasteiger partial charge is 0.467 e. The van der Waals surface area contributed by atoms with Gasteiger partial charge in [0.1, 0.15) is 11.6 Å². The molecule has 3 aromatic rings. The van der Waals surface area contributed by atoms with E-state index in [0.29, 0.717) is 12.0 Å². The van der Waals surface area contributed by atoms with Crippen molar-refractivity contribution in [2.75, 3.05) is 18.5 Å². The van der Waals surface area contributed by atoms with Crippen LogP contribution in [0, 0.1) is 11.3 Å². The predicted molar refractivity (Wildman–Crippen MR) is 120 cm³/mol. The summed E-state index contributed by atoms with van der Waals surface area (Å²) in [6, 6.07) is 13.3. The maximum atomic E-state index is 13.3. The van der Waals surface area contributed by atoms with Crippen molar-refractivity contribution >= 4 is 11.7 Å². The lowest BCUT2D eigenvalue weighted by Crippen LogP contribution is -2.43. The van der Waals surface area contributed by atoms with Crippen LogP contribution in [-0.2, 0) is 12.6 Å². The number of urea groups is 1. The summed E-state index contributed by atoms with van der Waals surface area (Å²) < 4.78 is 81.1. The Hall–Kier alpha value is -4.27. The second kappa shape index (κ2) is 10.0. The highest BCUT2D eigenvalue weighted by Gasteiger charge is 2.34. The number of pyridine rings is 1. The molecule has 2 heterocycles. The molecule has 1 atom stereocenters. The van der Waals surface area contributed by atoms with E-state index in [4.69, 9.17) is 0 Å². The molecule has 4 rings (SSSR count). The number of alkyl halides is 6. The van der Waals surface area contributed by atoms with Gasteiger partial charge < -0.3 is 15.0 Å². The number of hydrogen-bond donors (Lipinski definition) is 1. The fourth-order valence-corrected chi connectivity index (χ4v) is 4.06. The van der Waals surface area contributed by atoms with Gasteiger partial charge in [-0.2, -0.15) is 31.6 Å². The number of amides is 2. The minimum atomic E-state index is -4.63. The lowest BCUT2D eigenvalue weighted by atomic mass is 9.88. The first-order chi connectivity index (χ1) is 17.5. The summed E-state index contributed by atoms with van der Waals surface area (Å²) in [5, 5.41) is 11.8. The van der Waals surface area contributed by atoms with Gasteiger partial charge in [0.05, 0.1) is 23.5 Å². The van der Waals surface area contributed by atoms with Crippen LogP contribution in [0.2, 0.25) is 0 Å². The summed E-state index contributed by atoms with van der Waals surface area (Å²) in [7, 11) is 0. The number of nitrogens with one attached hydrogen (secondary N) is 1. The van der Waals surface area contributed by atoms with E-state index in [1.807, 2.05) is 12.1 Å². The van der Waals surface area contributed by atoms with E-state index >= 15 is 0 Å². The molecule has 0 radical (unpaired) electrons. The predicted octanol–water partition coefficient (Wildman–Crippen LogP) is 6.09. The Morgan fingerprint density at radius 3 is 2.46 bits per heavy atom. The molecule has 2 amide bonds. The minimum Gasteiger partial charge on any atom is -0.467 e. The van der Waals surface area contributed by atoms with Gasteiger partial charge in [0, 0.05) is 6.54 Å². The number of anilines is 1. The number of nitrogens with zero attached hydrogens (tertiary/aromatic N) is 3. The number of aromatic nitrogens is 1. The molecule has 1 aliphatic rings. The molecule has 0 saturated heterocycles. The highest BCUT2D eigenvalue weighted by Crippen LogP contribution is 2.37. The second-order valence-electron chi connectivity index (χ2n) is 8.19. The molecule has 0 saturated carbocycles. The molecule has 37 heavy (non-hydrogen) atoms. The summed E-state index contributed by atoms with van der Waals surface area (Å²) in [6.45, 7) is -1.40. The highest BCUT2D eigenvalue weighted by molar-refractivity contribution is 5.90. The number of hydrogen-bond acceptors (Lipinski definition) is 4. The van der Waals surface area contributed by atoms with E-state index in [1.165, 1.54) is 17.0 Å². The summed E-state index contributed by atoms with van der Waals surface area (Å²) in [5.74, 6) is -0.535. The topological polar surface area (TPSA) is 78.3 Å². The number of nitriles is 1. The number of fused-ring (bicyclic) bond motifs is 1. The maximum absolute atomic E-state index is 13.3. The molecule has 0 spiro atoms.